The highest BCUT2D eigenvalue weighted by molar-refractivity contribution is 7.99. The second-order valence-corrected chi connectivity index (χ2v) is 9.02. The summed E-state index contributed by atoms with van der Waals surface area (Å²) in [6, 6.07) is 14.4. The van der Waals surface area contributed by atoms with Gasteiger partial charge in [0.15, 0.2) is 16.8 Å². The summed E-state index contributed by atoms with van der Waals surface area (Å²) in [6.07, 6.45) is 0. The Morgan fingerprint density at radius 2 is 1.89 bits per heavy atom. The van der Waals surface area contributed by atoms with Crippen LogP contribution in [0.15, 0.2) is 57.5 Å². The Bertz CT molecular complexity index is 1020. The summed E-state index contributed by atoms with van der Waals surface area (Å²) in [4.78, 5) is 5.62. The fraction of sp³-hybridized carbons (Fsp3) is 0.300. The zero-order valence-corrected chi connectivity index (χ0v) is 17.6. The van der Waals surface area contributed by atoms with Crippen molar-refractivity contribution in [3.63, 3.8) is 0 Å². The van der Waals surface area contributed by atoms with Crippen LogP contribution in [0.3, 0.4) is 0 Å². The first-order valence-corrected chi connectivity index (χ1v) is 10.9. The zero-order valence-electron chi connectivity index (χ0n) is 15.9. The Morgan fingerprint density at radius 3 is 2.57 bits per heavy atom. The monoisotopic (exact) mass is 411 g/mol. The summed E-state index contributed by atoms with van der Waals surface area (Å²) in [5.74, 6) is 2.46. The molecule has 3 heterocycles. The van der Waals surface area contributed by atoms with Crippen molar-refractivity contribution in [1.82, 2.24) is 24.9 Å². The van der Waals surface area contributed by atoms with Crippen LogP contribution in [0, 0.1) is 0 Å². The molecule has 0 fully saturated rings. The van der Waals surface area contributed by atoms with Gasteiger partial charge in [-0.2, -0.15) is 4.98 Å². The number of rotatable bonds is 7. The molecule has 144 valence electrons. The average molecular weight is 412 g/mol. The minimum absolute atomic E-state index is 0.0186. The number of benzene rings is 1. The number of aromatic nitrogens is 5. The van der Waals surface area contributed by atoms with Crippen molar-refractivity contribution < 1.29 is 4.52 Å². The molecule has 0 saturated carbocycles. The number of thioether (sulfide) groups is 1. The second kappa shape index (κ2) is 8.28. The van der Waals surface area contributed by atoms with Gasteiger partial charge < -0.3 is 4.52 Å². The number of nitrogens with zero attached hydrogens (tertiary/aromatic N) is 5. The van der Waals surface area contributed by atoms with Gasteiger partial charge in [0.1, 0.15) is 0 Å². The third kappa shape index (κ3) is 4.02. The summed E-state index contributed by atoms with van der Waals surface area (Å²) < 4.78 is 7.61. The number of hydrogen-bond acceptors (Lipinski definition) is 7. The molecule has 4 aromatic rings. The van der Waals surface area contributed by atoms with E-state index >= 15 is 0 Å². The predicted molar refractivity (Wildman–Crippen MR) is 112 cm³/mol. The first-order chi connectivity index (χ1) is 13.6. The Kier molecular flexibility index (Phi) is 5.59. The van der Waals surface area contributed by atoms with E-state index < -0.39 is 0 Å². The fourth-order valence-corrected chi connectivity index (χ4v) is 4.32. The molecular formula is C20H21N5OS2. The van der Waals surface area contributed by atoms with Gasteiger partial charge in [0.2, 0.25) is 5.89 Å². The number of thiophene rings is 1. The molecule has 1 aromatic carbocycles. The van der Waals surface area contributed by atoms with Crippen molar-refractivity contribution in [1.29, 1.82) is 0 Å². The van der Waals surface area contributed by atoms with Crippen molar-refractivity contribution in [3.8, 4) is 10.7 Å². The molecule has 0 bridgehead atoms. The van der Waals surface area contributed by atoms with Crippen LogP contribution in [0.4, 0.5) is 0 Å². The summed E-state index contributed by atoms with van der Waals surface area (Å²) in [6.45, 7) is 6.86. The van der Waals surface area contributed by atoms with Crippen molar-refractivity contribution in [2.45, 2.75) is 43.6 Å². The van der Waals surface area contributed by atoms with Crippen molar-refractivity contribution in [2.75, 3.05) is 0 Å². The minimum atomic E-state index is -0.0186. The van der Waals surface area contributed by atoms with Crippen LogP contribution in [0.1, 0.15) is 49.2 Å². The van der Waals surface area contributed by atoms with Crippen LogP contribution in [0.5, 0.6) is 0 Å². The molecule has 0 aliphatic heterocycles. The molecule has 6 nitrogen and oxygen atoms in total. The Morgan fingerprint density at radius 1 is 1.07 bits per heavy atom. The maximum atomic E-state index is 5.46. The Hall–Kier alpha value is -2.45. The van der Waals surface area contributed by atoms with E-state index in [9.17, 15) is 0 Å². The third-order valence-electron chi connectivity index (χ3n) is 4.25. The summed E-state index contributed by atoms with van der Waals surface area (Å²) in [5, 5.41) is 15.9. The molecule has 8 heteroatoms. The van der Waals surface area contributed by atoms with Gasteiger partial charge in [-0.05, 0) is 23.9 Å². The van der Waals surface area contributed by atoms with Gasteiger partial charge in [0, 0.05) is 5.92 Å². The van der Waals surface area contributed by atoms with Crippen molar-refractivity contribution >= 4 is 23.1 Å². The van der Waals surface area contributed by atoms with Crippen molar-refractivity contribution in [3.05, 3.63) is 65.1 Å². The van der Waals surface area contributed by atoms with Gasteiger partial charge in [0.05, 0.1) is 16.7 Å². The minimum Gasteiger partial charge on any atom is -0.338 e. The molecule has 1 unspecified atom stereocenters. The van der Waals surface area contributed by atoms with Crippen LogP contribution in [-0.2, 0) is 6.54 Å². The van der Waals surface area contributed by atoms with Gasteiger partial charge in [-0.25, -0.2) is 0 Å². The molecule has 4 rings (SSSR count). The van der Waals surface area contributed by atoms with Crippen molar-refractivity contribution in [2.24, 2.45) is 0 Å². The highest BCUT2D eigenvalue weighted by Gasteiger charge is 2.22. The van der Waals surface area contributed by atoms with Gasteiger partial charge >= 0.3 is 0 Å². The van der Waals surface area contributed by atoms with E-state index in [1.165, 1.54) is 5.56 Å². The van der Waals surface area contributed by atoms with E-state index in [-0.39, 0.29) is 11.2 Å². The lowest BCUT2D eigenvalue weighted by Gasteiger charge is -2.11. The molecule has 0 aliphatic carbocycles. The molecule has 0 aliphatic rings. The fourth-order valence-electron chi connectivity index (χ4n) is 2.73. The smallest absolute Gasteiger partial charge is 0.239 e. The zero-order chi connectivity index (χ0) is 19.5. The highest BCUT2D eigenvalue weighted by atomic mass is 32.2. The van der Waals surface area contributed by atoms with Gasteiger partial charge in [-0.15, -0.1) is 21.5 Å². The lowest BCUT2D eigenvalue weighted by Crippen LogP contribution is -2.04. The molecule has 28 heavy (non-hydrogen) atoms. The van der Waals surface area contributed by atoms with Crippen LogP contribution in [0.25, 0.3) is 10.7 Å². The van der Waals surface area contributed by atoms with Crippen LogP contribution in [-0.4, -0.2) is 24.9 Å². The largest absolute Gasteiger partial charge is 0.338 e. The maximum Gasteiger partial charge on any atom is 0.239 e. The van der Waals surface area contributed by atoms with Gasteiger partial charge in [-0.1, -0.05) is 67.2 Å². The molecule has 0 radical (unpaired) electrons. The van der Waals surface area contributed by atoms with E-state index in [1.807, 2.05) is 24.3 Å². The topological polar surface area (TPSA) is 69.6 Å². The number of hydrogen-bond donors (Lipinski definition) is 0. The highest BCUT2D eigenvalue weighted by Crippen LogP contribution is 2.36. The average Bonchev–Trinajstić information content (AvgIpc) is 3.44. The normalized spacial score (nSPS) is 12.6. The van der Waals surface area contributed by atoms with E-state index in [1.54, 1.807) is 23.1 Å². The maximum absolute atomic E-state index is 5.46. The summed E-state index contributed by atoms with van der Waals surface area (Å²) in [5.41, 5.74) is 1.20. The lowest BCUT2D eigenvalue weighted by atomic mass is 10.2. The standard InChI is InChI=1S/C20H21N5OS2/c1-13(2)17-21-19(26-24-17)14(3)28-20-23-22-18(16-10-7-11-27-16)25(20)12-15-8-5-4-6-9-15/h4-11,13-14H,12H2,1-3H3. The summed E-state index contributed by atoms with van der Waals surface area (Å²) >= 11 is 3.25. The first kappa shape index (κ1) is 18.9. The molecule has 0 spiro atoms. The lowest BCUT2D eigenvalue weighted by molar-refractivity contribution is 0.373. The molecular weight excluding hydrogens is 390 g/mol. The molecule has 1 atom stereocenters. The van der Waals surface area contributed by atoms with E-state index in [2.05, 4.69) is 69.3 Å². The van der Waals surface area contributed by atoms with Crippen LogP contribution >= 0.6 is 23.1 Å². The third-order valence-corrected chi connectivity index (χ3v) is 6.18. The molecule has 3 aromatic heterocycles. The van der Waals surface area contributed by atoms with Crippen LogP contribution < -0.4 is 0 Å². The molecule has 0 amide bonds. The summed E-state index contributed by atoms with van der Waals surface area (Å²) in [7, 11) is 0. The van der Waals surface area contributed by atoms with E-state index in [4.69, 9.17) is 4.52 Å². The quantitative estimate of drug-likeness (QED) is 0.379. The van der Waals surface area contributed by atoms with E-state index in [0.29, 0.717) is 12.4 Å². The Balaban J connectivity index is 1.64. The first-order valence-electron chi connectivity index (χ1n) is 9.13. The predicted octanol–water partition coefficient (Wildman–Crippen LogP) is 5.41. The van der Waals surface area contributed by atoms with Gasteiger partial charge in [-0.3, -0.25) is 4.57 Å². The second-order valence-electron chi connectivity index (χ2n) is 6.76. The molecule has 0 N–H and O–H groups in total. The van der Waals surface area contributed by atoms with E-state index in [0.717, 1.165) is 21.7 Å². The van der Waals surface area contributed by atoms with Crippen LogP contribution in [0.2, 0.25) is 0 Å². The SMILES string of the molecule is CC(C)c1noc(C(C)Sc2nnc(-c3cccs3)n2Cc2ccccc2)n1. The Labute approximate surface area is 172 Å². The molecule has 0 saturated heterocycles. The van der Waals surface area contributed by atoms with Gasteiger partial charge in [0.25, 0.3) is 0 Å².